The van der Waals surface area contributed by atoms with E-state index in [0.717, 1.165) is 0 Å². The number of aliphatic carboxylic acids is 2. The number of nitrogens with two attached hydrogens (primary N) is 2. The van der Waals surface area contributed by atoms with Gasteiger partial charge in [-0.05, 0) is 0 Å². The van der Waals surface area contributed by atoms with Gasteiger partial charge in [-0.3, -0.25) is 13.6 Å². The van der Waals surface area contributed by atoms with Crippen molar-refractivity contribution >= 4 is 35.4 Å². The number of hydrogen-bond donors (Lipinski definition) is 34. The quantitative estimate of drug-likeness (QED) is 0.0262. The van der Waals surface area contributed by atoms with Gasteiger partial charge >= 0.3 is 35.4 Å². The maximum absolute atomic E-state index is 14.1. The summed E-state index contributed by atoms with van der Waals surface area (Å²) in [7, 11) is -18.4. The number of hydrogen-bond acceptors (Lipinski definition) is 49. The standard InChI is InChI=1S/C55H97N2O55P3/c56-21-26(72)25(71)19(98-46(21)81)9-96-47-22(57)27(73)40(110-113(86,87)88)20(100-47)10-97-54(52(82)83)2-17(107-55(53(84)85)1-11(63)23(69)36(108-55)13(65)4-59)41(39(109-54)15(67)6-61)104-50-33(79)42(44(111-114(89,90)91)37(102-50)14(66)5-60)106-51-34(80)43(105-49-32(78)28(74)24(70)18(7-62)99-49)45(112-115(92,93)94)38(103-51)16(68)8-95-48-31(77)29(75)30(76)35(101-48)12(64)3-58/h11-51,58-81H,1-10,56-57H2,(H,82,83)(H,84,85)(H2,86,87,88)(H2,89,90,91)(H2,92,93,94). The Labute approximate surface area is 644 Å². The molecule has 8 saturated heterocycles. The first-order valence-electron chi connectivity index (χ1n) is 34.4. The summed E-state index contributed by atoms with van der Waals surface area (Å²) in [5.41, 5.74) is 11.8. The molecule has 0 radical (unpaired) electrons. The molecular formula is C55H97N2O55P3. The molecule has 8 aliphatic rings. The molecule has 0 aliphatic carbocycles. The lowest BCUT2D eigenvalue weighted by Gasteiger charge is -2.53. The lowest BCUT2D eigenvalue weighted by molar-refractivity contribution is -0.408. The van der Waals surface area contributed by atoms with Crippen LogP contribution in [0, 0.1) is 0 Å². The number of aliphatic hydroxyl groups excluding tert-OH is 24. The molecular weight excluding hydrogens is 1660 g/mol. The van der Waals surface area contributed by atoms with E-state index in [0.29, 0.717) is 0 Å². The van der Waals surface area contributed by atoms with E-state index >= 15 is 0 Å². The van der Waals surface area contributed by atoms with Crippen molar-refractivity contribution in [1.29, 1.82) is 0 Å². The zero-order valence-corrected chi connectivity index (χ0v) is 61.6. The van der Waals surface area contributed by atoms with E-state index in [4.69, 9.17) is 96.1 Å². The minimum atomic E-state index is -6.29. The van der Waals surface area contributed by atoms with Crippen molar-refractivity contribution in [3.63, 3.8) is 0 Å². The molecule has 60 heteroatoms. The van der Waals surface area contributed by atoms with Gasteiger partial charge in [-0.25, -0.2) is 23.3 Å². The minimum absolute atomic E-state index is 0.973. The number of carbonyl (C=O) groups is 2. The molecule has 0 bridgehead atoms. The van der Waals surface area contributed by atoms with Crippen LogP contribution in [-0.2, 0) is 108 Å². The fraction of sp³-hybridized carbons (Fsp3) is 0.964. The van der Waals surface area contributed by atoms with Gasteiger partial charge in [0.1, 0.15) is 189 Å². The Balaban J connectivity index is 1.24. The second kappa shape index (κ2) is 40.1. The molecule has 43 unspecified atom stereocenters. The third-order valence-electron chi connectivity index (χ3n) is 19.7. The molecule has 8 fully saturated rings. The molecule has 0 aromatic carbocycles. The van der Waals surface area contributed by atoms with Gasteiger partial charge in [0.25, 0.3) is 11.6 Å². The average molecular weight is 1760 g/mol. The summed E-state index contributed by atoms with van der Waals surface area (Å²) in [4.78, 5) is 89.5. The van der Waals surface area contributed by atoms with Crippen molar-refractivity contribution in [1.82, 2.24) is 0 Å². The second-order valence-corrected chi connectivity index (χ2v) is 31.3. The summed E-state index contributed by atoms with van der Waals surface area (Å²) in [5.74, 6) is -12.5. The summed E-state index contributed by atoms with van der Waals surface area (Å²) in [5, 5.41) is 284. The molecule has 0 saturated carbocycles. The average Bonchev–Trinajstić information content (AvgIpc) is 0.747. The van der Waals surface area contributed by atoms with Crippen molar-refractivity contribution in [2.45, 2.75) is 276 Å². The lowest BCUT2D eigenvalue weighted by Crippen LogP contribution is -2.71. The maximum Gasteiger partial charge on any atom is 0.470 e. The molecule has 8 rings (SSSR count). The number of phosphoric acid groups is 3. The first-order chi connectivity index (χ1) is 53.4. The van der Waals surface area contributed by atoms with Gasteiger partial charge in [0.2, 0.25) is 0 Å². The minimum Gasteiger partial charge on any atom is -0.477 e. The largest absolute Gasteiger partial charge is 0.477 e. The fourth-order valence-corrected chi connectivity index (χ4v) is 15.4. The van der Waals surface area contributed by atoms with Crippen LogP contribution in [0.15, 0.2) is 0 Å². The fourth-order valence-electron chi connectivity index (χ4n) is 13.7. The van der Waals surface area contributed by atoms with Gasteiger partial charge in [-0.2, -0.15) is 0 Å². The van der Waals surface area contributed by atoms with Crippen molar-refractivity contribution < 1.29 is 270 Å². The Kier molecular flexibility index (Phi) is 34.2. The van der Waals surface area contributed by atoms with Crippen LogP contribution in [0.4, 0.5) is 0 Å². The van der Waals surface area contributed by atoms with E-state index in [9.17, 15) is 185 Å². The van der Waals surface area contributed by atoms with E-state index in [1.165, 1.54) is 0 Å². The Hall–Kier alpha value is -2.37. The van der Waals surface area contributed by atoms with Crippen molar-refractivity contribution in [2.75, 3.05) is 52.9 Å². The molecule has 8 heterocycles. The first kappa shape index (κ1) is 98.1. The van der Waals surface area contributed by atoms with Crippen LogP contribution in [0.2, 0.25) is 0 Å². The topological polar surface area (TPSA) is 951 Å². The monoisotopic (exact) mass is 1760 g/mol. The van der Waals surface area contributed by atoms with Crippen LogP contribution in [0.1, 0.15) is 12.8 Å². The van der Waals surface area contributed by atoms with Crippen LogP contribution in [0.3, 0.4) is 0 Å². The molecule has 672 valence electrons. The lowest BCUT2D eigenvalue weighted by atomic mass is 9.89. The zero-order chi connectivity index (χ0) is 86.1. The smallest absolute Gasteiger partial charge is 0.470 e. The summed E-state index contributed by atoms with van der Waals surface area (Å²) in [6.45, 7) is -11.4. The van der Waals surface area contributed by atoms with E-state index in [1.54, 1.807) is 0 Å². The van der Waals surface area contributed by atoms with Crippen molar-refractivity contribution in [3.05, 3.63) is 0 Å². The van der Waals surface area contributed by atoms with E-state index < -0.39 is 364 Å². The summed E-state index contributed by atoms with van der Waals surface area (Å²) >= 11 is 0. The second-order valence-electron chi connectivity index (χ2n) is 27.7. The summed E-state index contributed by atoms with van der Waals surface area (Å²) in [6, 6.07) is -3.61. The van der Waals surface area contributed by atoms with Crippen LogP contribution in [0.5, 0.6) is 0 Å². The molecule has 36 N–H and O–H groups in total. The van der Waals surface area contributed by atoms with Crippen LogP contribution in [-0.4, -0.2) is 490 Å². The van der Waals surface area contributed by atoms with Gasteiger partial charge < -0.3 is 245 Å². The Morgan fingerprint density at radius 2 is 0.826 bits per heavy atom. The van der Waals surface area contributed by atoms with Crippen LogP contribution >= 0.6 is 23.5 Å². The molecule has 0 amide bonds. The van der Waals surface area contributed by atoms with E-state index in [-0.39, 0.29) is 0 Å². The molecule has 0 aromatic heterocycles. The highest BCUT2D eigenvalue weighted by Gasteiger charge is 2.66. The summed E-state index contributed by atoms with van der Waals surface area (Å²) < 4.78 is 138. The van der Waals surface area contributed by atoms with E-state index in [2.05, 4.69) is 0 Å². The molecule has 57 nitrogen and oxygen atoms in total. The van der Waals surface area contributed by atoms with Gasteiger partial charge in [0.05, 0.1) is 77.1 Å². The zero-order valence-electron chi connectivity index (χ0n) is 58.9. The predicted molar refractivity (Wildman–Crippen MR) is 341 cm³/mol. The maximum atomic E-state index is 14.1. The number of carboxylic acid groups (broad SMARTS) is 2. The van der Waals surface area contributed by atoms with Crippen molar-refractivity contribution in [2.24, 2.45) is 11.5 Å². The first-order valence-corrected chi connectivity index (χ1v) is 39.0. The number of carboxylic acids is 2. The van der Waals surface area contributed by atoms with Gasteiger partial charge in [-0.1, -0.05) is 0 Å². The third-order valence-corrected chi connectivity index (χ3v) is 21.3. The highest BCUT2D eigenvalue weighted by Crippen LogP contribution is 2.50. The number of rotatable bonds is 35. The molecule has 0 aromatic rings. The van der Waals surface area contributed by atoms with Crippen LogP contribution < -0.4 is 11.5 Å². The van der Waals surface area contributed by atoms with Crippen LogP contribution in [0.25, 0.3) is 0 Å². The number of phosphoric ester groups is 3. The molecule has 115 heavy (non-hydrogen) atoms. The Morgan fingerprint density at radius 3 is 1.34 bits per heavy atom. The number of ether oxygens (including phenoxy) is 15. The predicted octanol–water partition coefficient (Wildman–Crippen LogP) is -20.4. The highest BCUT2D eigenvalue weighted by molar-refractivity contribution is 7.46. The van der Waals surface area contributed by atoms with Gasteiger partial charge in [0, 0.05) is 12.8 Å². The van der Waals surface area contributed by atoms with Gasteiger partial charge in [-0.15, -0.1) is 0 Å². The summed E-state index contributed by atoms with van der Waals surface area (Å²) in [6.07, 6.45) is -102. The van der Waals surface area contributed by atoms with Crippen molar-refractivity contribution in [3.8, 4) is 0 Å². The molecule has 8 aliphatic heterocycles. The van der Waals surface area contributed by atoms with E-state index in [1.807, 2.05) is 0 Å². The molecule has 0 spiro atoms. The third kappa shape index (κ3) is 22.6. The normalized spacial score (nSPS) is 46.0. The Bertz CT molecular complexity index is 3250. The Morgan fingerprint density at radius 1 is 0.391 bits per heavy atom. The number of aliphatic hydroxyl groups is 24. The highest BCUT2D eigenvalue weighted by atomic mass is 31.2. The molecule has 43 atom stereocenters. The SMILES string of the molecule is NC1C(O)OC(COC2OC(COC3(C(=O)O)CC(OC4(C(=O)O)CC(O)C(O)C(C(O)CO)O4)C(OC4OC(C(O)CO)C(OP(=O)(O)O)C(OC5OC(C(O)COC6OC(C(O)CO)C(O)C(O)C6O)C(OP(=O)(O)O)C(OC6OC(CO)C(O)C(O)C6O)C5O)C4O)C(C(O)CO)O3)C(OP(=O)(O)O)C(O)C2N)C(O)C1O. The van der Waals surface area contributed by atoms with Gasteiger partial charge in [0.15, 0.2) is 37.7 Å².